The molecule has 1 aromatic rings. The van der Waals surface area contributed by atoms with Crippen LogP contribution >= 0.6 is 0 Å². The van der Waals surface area contributed by atoms with E-state index in [0.717, 1.165) is 25.6 Å². The minimum absolute atomic E-state index is 0.542. The Kier molecular flexibility index (Phi) is 6.06. The Bertz CT molecular complexity index is 396. The highest BCUT2D eigenvalue weighted by Gasteiger charge is 2.20. The maximum Gasteiger partial charge on any atom is 0.0236 e. The van der Waals surface area contributed by atoms with E-state index in [2.05, 4.69) is 55.3 Å². The quantitative estimate of drug-likeness (QED) is 0.775. The highest BCUT2D eigenvalue weighted by Crippen LogP contribution is 2.27. The predicted octanol–water partition coefficient (Wildman–Crippen LogP) is 3.81. The molecule has 2 nitrogen and oxygen atoms in total. The molecule has 1 aromatic carbocycles. The molecule has 1 aliphatic carbocycles. The van der Waals surface area contributed by atoms with Gasteiger partial charge in [-0.1, -0.05) is 51.5 Å². The Labute approximate surface area is 124 Å². The number of hydrogen-bond donors (Lipinski definition) is 1. The summed E-state index contributed by atoms with van der Waals surface area (Å²) >= 11 is 0. The first-order chi connectivity index (χ1) is 9.69. The molecule has 0 aliphatic heterocycles. The fourth-order valence-corrected chi connectivity index (χ4v) is 2.79. The topological polar surface area (TPSA) is 15.3 Å². The van der Waals surface area contributed by atoms with E-state index in [1.165, 1.54) is 36.9 Å². The van der Waals surface area contributed by atoms with Crippen LogP contribution < -0.4 is 5.32 Å². The summed E-state index contributed by atoms with van der Waals surface area (Å²) in [7, 11) is 0. The molecule has 2 heteroatoms. The van der Waals surface area contributed by atoms with E-state index < -0.39 is 0 Å². The Morgan fingerprint density at radius 3 is 2.45 bits per heavy atom. The fraction of sp³-hybridized carbons (Fsp3) is 0.667. The smallest absolute Gasteiger partial charge is 0.0236 e. The summed E-state index contributed by atoms with van der Waals surface area (Å²) in [6.45, 7) is 11.2. The van der Waals surface area contributed by atoms with E-state index in [-0.39, 0.29) is 0 Å². The normalized spacial score (nSPS) is 15.8. The van der Waals surface area contributed by atoms with Gasteiger partial charge in [-0.05, 0) is 36.4 Å². The zero-order chi connectivity index (χ0) is 14.4. The van der Waals surface area contributed by atoms with E-state index in [0.29, 0.717) is 6.04 Å². The van der Waals surface area contributed by atoms with Gasteiger partial charge in [0.25, 0.3) is 0 Å². The molecular weight excluding hydrogens is 244 g/mol. The molecular formula is C18H30N2. The Balaban J connectivity index is 1.95. The Hall–Kier alpha value is -0.860. The molecule has 0 saturated heterocycles. The second kappa shape index (κ2) is 7.80. The van der Waals surface area contributed by atoms with Crippen LogP contribution in [0.1, 0.15) is 51.2 Å². The lowest BCUT2D eigenvalue weighted by atomic mass is 9.85. The number of rotatable bonds is 8. The summed E-state index contributed by atoms with van der Waals surface area (Å²) in [6, 6.07) is 9.43. The van der Waals surface area contributed by atoms with Crippen LogP contribution in [0.4, 0.5) is 0 Å². The van der Waals surface area contributed by atoms with E-state index in [1.807, 2.05) is 0 Å². The largest absolute Gasteiger partial charge is 0.310 e. The standard InChI is InChI=1S/C18H30N2/c1-4-20(13-16-8-7-9-16)14-18-11-6-5-10-17(18)12-19-15(2)3/h5-6,10-11,15-16,19H,4,7-9,12-14H2,1-3H3. The van der Waals surface area contributed by atoms with Gasteiger partial charge in [-0.2, -0.15) is 0 Å². The molecule has 0 heterocycles. The zero-order valence-corrected chi connectivity index (χ0v) is 13.4. The van der Waals surface area contributed by atoms with Gasteiger partial charge < -0.3 is 5.32 Å². The zero-order valence-electron chi connectivity index (χ0n) is 13.4. The van der Waals surface area contributed by atoms with Crippen molar-refractivity contribution in [3.63, 3.8) is 0 Å². The van der Waals surface area contributed by atoms with Gasteiger partial charge in [0.05, 0.1) is 0 Å². The maximum absolute atomic E-state index is 3.54. The van der Waals surface area contributed by atoms with Gasteiger partial charge in [-0.25, -0.2) is 0 Å². The second-order valence-electron chi connectivity index (χ2n) is 6.43. The predicted molar refractivity (Wildman–Crippen MR) is 86.7 cm³/mol. The molecule has 1 fully saturated rings. The number of benzene rings is 1. The third-order valence-corrected chi connectivity index (χ3v) is 4.40. The van der Waals surface area contributed by atoms with Gasteiger partial charge in [0, 0.05) is 25.7 Å². The van der Waals surface area contributed by atoms with Crippen molar-refractivity contribution in [2.75, 3.05) is 13.1 Å². The molecule has 2 rings (SSSR count). The van der Waals surface area contributed by atoms with Crippen LogP contribution in [0.2, 0.25) is 0 Å². The molecule has 0 atom stereocenters. The van der Waals surface area contributed by atoms with Crippen LogP contribution in [0.15, 0.2) is 24.3 Å². The van der Waals surface area contributed by atoms with Crippen LogP contribution in [0.3, 0.4) is 0 Å². The van der Waals surface area contributed by atoms with Crippen molar-refractivity contribution >= 4 is 0 Å². The van der Waals surface area contributed by atoms with Crippen LogP contribution in [-0.2, 0) is 13.1 Å². The summed E-state index contributed by atoms with van der Waals surface area (Å²) in [5, 5.41) is 3.54. The van der Waals surface area contributed by atoms with Gasteiger partial charge in [0.1, 0.15) is 0 Å². The second-order valence-corrected chi connectivity index (χ2v) is 6.43. The summed E-state index contributed by atoms with van der Waals surface area (Å²) in [5.74, 6) is 0.955. The molecule has 1 aliphatic rings. The molecule has 0 bridgehead atoms. The number of nitrogens with zero attached hydrogens (tertiary/aromatic N) is 1. The van der Waals surface area contributed by atoms with E-state index in [4.69, 9.17) is 0 Å². The highest BCUT2D eigenvalue weighted by molar-refractivity contribution is 5.27. The van der Waals surface area contributed by atoms with E-state index >= 15 is 0 Å². The first-order valence-electron chi connectivity index (χ1n) is 8.21. The fourth-order valence-electron chi connectivity index (χ4n) is 2.79. The van der Waals surface area contributed by atoms with Crippen LogP contribution in [0, 0.1) is 5.92 Å². The average molecular weight is 274 g/mol. The third kappa shape index (κ3) is 4.60. The van der Waals surface area contributed by atoms with Gasteiger partial charge in [-0.15, -0.1) is 0 Å². The molecule has 0 amide bonds. The number of nitrogens with one attached hydrogen (secondary N) is 1. The summed E-state index contributed by atoms with van der Waals surface area (Å²) in [6.07, 6.45) is 4.32. The third-order valence-electron chi connectivity index (χ3n) is 4.40. The van der Waals surface area contributed by atoms with Crippen LogP contribution in [0.5, 0.6) is 0 Å². The highest BCUT2D eigenvalue weighted by atomic mass is 15.1. The van der Waals surface area contributed by atoms with E-state index in [1.54, 1.807) is 0 Å². The lowest BCUT2D eigenvalue weighted by Gasteiger charge is -2.32. The van der Waals surface area contributed by atoms with Gasteiger partial charge in [0.15, 0.2) is 0 Å². The molecule has 112 valence electrons. The lowest BCUT2D eigenvalue weighted by molar-refractivity contribution is 0.178. The molecule has 20 heavy (non-hydrogen) atoms. The average Bonchev–Trinajstić information content (AvgIpc) is 2.40. The molecule has 0 aromatic heterocycles. The van der Waals surface area contributed by atoms with Gasteiger partial charge in [-0.3, -0.25) is 4.90 Å². The van der Waals surface area contributed by atoms with Crippen molar-refractivity contribution in [3.05, 3.63) is 35.4 Å². The SMILES string of the molecule is CCN(Cc1ccccc1CNC(C)C)CC1CCC1. The minimum atomic E-state index is 0.542. The van der Waals surface area contributed by atoms with Crippen LogP contribution in [-0.4, -0.2) is 24.0 Å². The summed E-state index contributed by atoms with van der Waals surface area (Å²) < 4.78 is 0. The lowest BCUT2D eigenvalue weighted by Crippen LogP contribution is -2.32. The first-order valence-corrected chi connectivity index (χ1v) is 8.21. The van der Waals surface area contributed by atoms with Crippen LogP contribution in [0.25, 0.3) is 0 Å². The van der Waals surface area contributed by atoms with Crippen molar-refractivity contribution in [1.82, 2.24) is 10.2 Å². The molecule has 1 N–H and O–H groups in total. The number of hydrogen-bond acceptors (Lipinski definition) is 2. The first kappa shape index (κ1) is 15.5. The molecule has 0 radical (unpaired) electrons. The Morgan fingerprint density at radius 2 is 1.90 bits per heavy atom. The maximum atomic E-state index is 3.54. The summed E-state index contributed by atoms with van der Waals surface area (Å²) in [5.41, 5.74) is 2.94. The van der Waals surface area contributed by atoms with Crippen molar-refractivity contribution in [2.24, 2.45) is 5.92 Å². The van der Waals surface area contributed by atoms with Crippen molar-refractivity contribution < 1.29 is 0 Å². The molecule has 0 spiro atoms. The van der Waals surface area contributed by atoms with Crippen molar-refractivity contribution in [2.45, 2.75) is 59.2 Å². The van der Waals surface area contributed by atoms with Gasteiger partial charge in [0.2, 0.25) is 0 Å². The monoisotopic (exact) mass is 274 g/mol. The van der Waals surface area contributed by atoms with Crippen molar-refractivity contribution in [3.8, 4) is 0 Å². The van der Waals surface area contributed by atoms with Gasteiger partial charge >= 0.3 is 0 Å². The van der Waals surface area contributed by atoms with Crippen molar-refractivity contribution in [1.29, 1.82) is 0 Å². The summed E-state index contributed by atoms with van der Waals surface area (Å²) in [4.78, 5) is 2.61. The molecule has 1 saturated carbocycles. The minimum Gasteiger partial charge on any atom is -0.310 e. The Morgan fingerprint density at radius 1 is 1.20 bits per heavy atom. The van der Waals surface area contributed by atoms with E-state index in [9.17, 15) is 0 Å². The molecule has 0 unspecified atom stereocenters.